The maximum absolute atomic E-state index is 13.2. The summed E-state index contributed by atoms with van der Waals surface area (Å²) in [4.78, 5) is 4.33. The van der Waals surface area contributed by atoms with Crippen LogP contribution in [-0.2, 0) is 11.3 Å². The Balaban J connectivity index is 0.00000338. The number of ether oxygens (including phenoxy) is 2. The van der Waals surface area contributed by atoms with Crippen molar-refractivity contribution in [2.75, 3.05) is 19.0 Å². The summed E-state index contributed by atoms with van der Waals surface area (Å²) in [6.45, 7) is 2.84. The molecule has 0 aliphatic heterocycles. The van der Waals surface area contributed by atoms with Gasteiger partial charge in [0.05, 0.1) is 13.2 Å². The Morgan fingerprint density at radius 1 is 1.23 bits per heavy atom. The lowest BCUT2D eigenvalue weighted by Crippen LogP contribution is -2.27. The minimum atomic E-state index is -0.327. The van der Waals surface area contributed by atoms with Gasteiger partial charge in [-0.25, -0.2) is 9.38 Å². The monoisotopic (exact) mass is 473 g/mol. The number of hydrogen-bond donors (Lipinski definition) is 2. The highest BCUT2D eigenvalue weighted by atomic mass is 127. The number of nitrogens with zero attached hydrogens (tertiary/aromatic N) is 1. The smallest absolute Gasteiger partial charge is 0.193 e. The molecule has 0 saturated carbocycles. The normalized spacial score (nSPS) is 12.2. The van der Waals surface area contributed by atoms with Gasteiger partial charge in [-0.15, -0.1) is 24.0 Å². The minimum Gasteiger partial charge on any atom is -0.488 e. The molecule has 2 rings (SSSR count). The van der Waals surface area contributed by atoms with Gasteiger partial charge in [-0.05, 0) is 24.6 Å². The van der Waals surface area contributed by atoms with Gasteiger partial charge in [-0.3, -0.25) is 0 Å². The van der Waals surface area contributed by atoms with Gasteiger partial charge >= 0.3 is 0 Å². The maximum Gasteiger partial charge on any atom is 0.193 e. The highest BCUT2D eigenvalue weighted by Gasteiger charge is 2.09. The third-order valence-corrected chi connectivity index (χ3v) is 3.60. The third kappa shape index (κ3) is 7.17. The van der Waals surface area contributed by atoms with E-state index in [1.165, 1.54) is 12.1 Å². The summed E-state index contributed by atoms with van der Waals surface area (Å²) in [5.41, 5.74) is 7.82. The highest BCUT2D eigenvalue weighted by Crippen LogP contribution is 2.16. The van der Waals surface area contributed by atoms with E-state index in [1.54, 1.807) is 19.2 Å². The zero-order valence-corrected chi connectivity index (χ0v) is 17.3. The fourth-order valence-corrected chi connectivity index (χ4v) is 2.28. The molecule has 0 aliphatic carbocycles. The Hall–Kier alpha value is -1.87. The van der Waals surface area contributed by atoms with E-state index in [0.717, 1.165) is 17.7 Å². The molecule has 142 valence electrons. The van der Waals surface area contributed by atoms with Crippen molar-refractivity contribution in [2.24, 2.45) is 10.7 Å². The average Bonchev–Trinajstić information content (AvgIpc) is 2.60. The fraction of sp³-hybridized carbons (Fsp3) is 0.316. The lowest BCUT2D eigenvalue weighted by molar-refractivity contribution is 0.185. The van der Waals surface area contributed by atoms with Crippen LogP contribution in [0.2, 0.25) is 0 Å². The SMILES string of the molecule is CCC(CN=C(N)Nc1ccccc1COC)Oc1cccc(F)c1.I. The van der Waals surface area contributed by atoms with Crippen LogP contribution < -0.4 is 15.8 Å². The summed E-state index contributed by atoms with van der Waals surface area (Å²) >= 11 is 0. The zero-order chi connectivity index (χ0) is 18.1. The zero-order valence-electron chi connectivity index (χ0n) is 14.9. The van der Waals surface area contributed by atoms with Crippen molar-refractivity contribution in [3.8, 4) is 5.75 Å². The molecule has 0 spiro atoms. The first kappa shape index (κ1) is 22.2. The Morgan fingerprint density at radius 3 is 2.69 bits per heavy atom. The molecule has 2 aromatic rings. The van der Waals surface area contributed by atoms with E-state index in [1.807, 2.05) is 31.2 Å². The Bertz CT molecular complexity index is 713. The van der Waals surface area contributed by atoms with Gasteiger partial charge < -0.3 is 20.5 Å². The van der Waals surface area contributed by atoms with Gasteiger partial charge in [-0.1, -0.05) is 31.2 Å². The molecule has 7 heteroatoms. The van der Waals surface area contributed by atoms with Gasteiger partial charge in [0.2, 0.25) is 0 Å². The number of nitrogens with two attached hydrogens (primary N) is 1. The van der Waals surface area contributed by atoms with E-state index >= 15 is 0 Å². The number of rotatable bonds is 8. The van der Waals surface area contributed by atoms with Crippen LogP contribution in [0, 0.1) is 5.82 Å². The second kappa shape index (κ2) is 11.7. The molecule has 3 N–H and O–H groups in total. The van der Waals surface area contributed by atoms with E-state index in [0.29, 0.717) is 24.9 Å². The second-order valence-electron chi connectivity index (χ2n) is 5.55. The summed E-state index contributed by atoms with van der Waals surface area (Å²) in [7, 11) is 1.64. The molecule has 0 aliphatic rings. The van der Waals surface area contributed by atoms with Crippen LogP contribution in [0.3, 0.4) is 0 Å². The van der Waals surface area contributed by atoms with Crippen molar-refractivity contribution >= 4 is 35.6 Å². The van der Waals surface area contributed by atoms with Crippen LogP contribution in [0.5, 0.6) is 5.75 Å². The summed E-state index contributed by atoms with van der Waals surface area (Å²) in [6.07, 6.45) is 0.546. The second-order valence-corrected chi connectivity index (χ2v) is 5.55. The van der Waals surface area contributed by atoms with E-state index in [4.69, 9.17) is 15.2 Å². The Morgan fingerprint density at radius 2 is 2.00 bits per heavy atom. The maximum atomic E-state index is 13.2. The number of aliphatic imine (C=N–C) groups is 1. The number of methoxy groups -OCH3 is 1. The van der Waals surface area contributed by atoms with Crippen LogP contribution in [-0.4, -0.2) is 25.7 Å². The highest BCUT2D eigenvalue weighted by molar-refractivity contribution is 14.0. The number of hydrogen-bond acceptors (Lipinski definition) is 3. The lowest BCUT2D eigenvalue weighted by atomic mass is 10.2. The van der Waals surface area contributed by atoms with Crippen LogP contribution in [0.4, 0.5) is 10.1 Å². The van der Waals surface area contributed by atoms with Crippen LogP contribution in [0.1, 0.15) is 18.9 Å². The van der Waals surface area contributed by atoms with E-state index in [2.05, 4.69) is 10.3 Å². The van der Waals surface area contributed by atoms with Crippen LogP contribution in [0.25, 0.3) is 0 Å². The molecule has 0 saturated heterocycles. The number of halogens is 2. The van der Waals surface area contributed by atoms with Gasteiger partial charge in [-0.2, -0.15) is 0 Å². The number of anilines is 1. The average molecular weight is 473 g/mol. The summed E-state index contributed by atoms with van der Waals surface area (Å²) in [5.74, 6) is 0.454. The van der Waals surface area contributed by atoms with Crippen LogP contribution in [0.15, 0.2) is 53.5 Å². The topological polar surface area (TPSA) is 68.9 Å². The molecule has 0 heterocycles. The van der Waals surface area contributed by atoms with E-state index in [9.17, 15) is 4.39 Å². The quantitative estimate of drug-likeness (QED) is 0.343. The van der Waals surface area contributed by atoms with Crippen molar-refractivity contribution in [1.82, 2.24) is 0 Å². The number of nitrogens with one attached hydrogen (secondary N) is 1. The molecule has 26 heavy (non-hydrogen) atoms. The third-order valence-electron chi connectivity index (χ3n) is 3.60. The predicted molar refractivity (Wildman–Crippen MR) is 114 cm³/mol. The first-order chi connectivity index (χ1) is 12.1. The van der Waals surface area contributed by atoms with Crippen molar-refractivity contribution in [3.63, 3.8) is 0 Å². The molecule has 2 aromatic carbocycles. The largest absolute Gasteiger partial charge is 0.488 e. The van der Waals surface area contributed by atoms with Crippen molar-refractivity contribution < 1.29 is 13.9 Å². The number of guanidine groups is 1. The molecule has 0 fully saturated rings. The van der Waals surface area contributed by atoms with Crippen molar-refractivity contribution in [2.45, 2.75) is 26.1 Å². The van der Waals surface area contributed by atoms with Gasteiger partial charge in [0.1, 0.15) is 17.7 Å². The minimum absolute atomic E-state index is 0. The molecule has 1 unspecified atom stereocenters. The van der Waals surface area contributed by atoms with Gasteiger partial charge in [0.15, 0.2) is 5.96 Å². The molecular weight excluding hydrogens is 448 g/mol. The molecule has 5 nitrogen and oxygen atoms in total. The Kier molecular flexibility index (Phi) is 9.97. The summed E-state index contributed by atoms with van der Waals surface area (Å²) in [6, 6.07) is 13.8. The predicted octanol–water partition coefficient (Wildman–Crippen LogP) is 4.17. The Labute approximate surface area is 170 Å². The standard InChI is InChI=1S/C19H24FN3O2.HI/c1-3-16(25-17-9-6-8-15(20)11-17)12-22-19(21)23-18-10-5-4-7-14(18)13-24-2;/h4-11,16H,3,12-13H2,1-2H3,(H3,21,22,23);1H. The fourth-order valence-electron chi connectivity index (χ4n) is 2.28. The molecule has 1 atom stereocenters. The molecule has 0 radical (unpaired) electrons. The van der Waals surface area contributed by atoms with E-state index < -0.39 is 0 Å². The van der Waals surface area contributed by atoms with Gasteiger partial charge in [0.25, 0.3) is 0 Å². The number of para-hydroxylation sites is 1. The molecule has 0 bridgehead atoms. The number of benzene rings is 2. The molecule has 0 amide bonds. The summed E-state index contributed by atoms with van der Waals surface area (Å²) in [5, 5.41) is 3.08. The van der Waals surface area contributed by atoms with Crippen molar-refractivity contribution in [3.05, 3.63) is 59.9 Å². The van der Waals surface area contributed by atoms with Crippen LogP contribution >= 0.6 is 24.0 Å². The van der Waals surface area contributed by atoms with Gasteiger partial charge in [0, 0.05) is 24.4 Å². The summed E-state index contributed by atoms with van der Waals surface area (Å²) < 4.78 is 24.2. The first-order valence-corrected chi connectivity index (χ1v) is 8.18. The molecular formula is C19H25FIN3O2. The first-order valence-electron chi connectivity index (χ1n) is 8.18. The molecule has 0 aromatic heterocycles. The lowest BCUT2D eigenvalue weighted by Gasteiger charge is -2.16. The van der Waals surface area contributed by atoms with E-state index in [-0.39, 0.29) is 35.9 Å². The van der Waals surface area contributed by atoms with Crippen molar-refractivity contribution in [1.29, 1.82) is 0 Å².